The number of ether oxygens (including phenoxy) is 1. The molecule has 0 N–H and O–H groups in total. The van der Waals surface area contributed by atoms with Crippen LogP contribution < -0.4 is 9.80 Å². The zero-order valence-corrected chi connectivity index (χ0v) is 15.4. The monoisotopic (exact) mass is 362 g/mol. The van der Waals surface area contributed by atoms with Gasteiger partial charge in [-0.1, -0.05) is 43.3 Å². The van der Waals surface area contributed by atoms with Crippen LogP contribution in [0.25, 0.3) is 0 Å². The number of fused-ring (bicyclic) bond motifs is 3. The summed E-state index contributed by atoms with van der Waals surface area (Å²) in [6.07, 6.45) is 2.59. The summed E-state index contributed by atoms with van der Waals surface area (Å²) in [5.74, 6) is -0.186. The number of carbonyl (C=O) groups excluding carboxylic acids is 2. The lowest BCUT2D eigenvalue weighted by molar-refractivity contribution is -0.153. The SMILES string of the molecule is CCCN1C(=O)[C@]2(OCc3ccccc3N2C(=O)C2CC2)c2ccccc21. The van der Waals surface area contributed by atoms with E-state index in [1.165, 1.54) is 0 Å². The third-order valence-corrected chi connectivity index (χ3v) is 5.67. The maximum Gasteiger partial charge on any atom is 0.286 e. The molecule has 1 aliphatic carbocycles. The minimum Gasteiger partial charge on any atom is -0.338 e. The summed E-state index contributed by atoms with van der Waals surface area (Å²) >= 11 is 0. The molecule has 0 unspecified atom stereocenters. The van der Waals surface area contributed by atoms with Crippen molar-refractivity contribution in [2.45, 2.75) is 38.5 Å². The summed E-state index contributed by atoms with van der Waals surface area (Å²) in [4.78, 5) is 30.5. The Kier molecular flexibility index (Phi) is 3.62. The Morgan fingerprint density at radius 3 is 2.56 bits per heavy atom. The lowest BCUT2D eigenvalue weighted by Crippen LogP contribution is -2.60. The fourth-order valence-corrected chi connectivity index (χ4v) is 4.26. The molecule has 2 aromatic rings. The molecule has 27 heavy (non-hydrogen) atoms. The fourth-order valence-electron chi connectivity index (χ4n) is 4.26. The molecule has 2 amide bonds. The number of hydrogen-bond donors (Lipinski definition) is 0. The van der Waals surface area contributed by atoms with Gasteiger partial charge in [0, 0.05) is 23.6 Å². The molecule has 5 heteroatoms. The van der Waals surface area contributed by atoms with Crippen molar-refractivity contribution in [2.75, 3.05) is 16.3 Å². The molecule has 2 heterocycles. The van der Waals surface area contributed by atoms with Crippen LogP contribution in [0.5, 0.6) is 0 Å². The Bertz CT molecular complexity index is 937. The molecule has 1 spiro atoms. The summed E-state index contributed by atoms with van der Waals surface area (Å²) in [5.41, 5.74) is 1.96. The van der Waals surface area contributed by atoms with Crippen LogP contribution in [0.2, 0.25) is 0 Å². The van der Waals surface area contributed by atoms with Gasteiger partial charge in [-0.15, -0.1) is 0 Å². The van der Waals surface area contributed by atoms with Crippen LogP contribution in [-0.2, 0) is 26.7 Å². The Labute approximate surface area is 158 Å². The molecule has 0 radical (unpaired) electrons. The molecular formula is C22H22N2O3. The Balaban J connectivity index is 1.74. The number of benzene rings is 2. The van der Waals surface area contributed by atoms with Crippen molar-refractivity contribution in [1.82, 2.24) is 0 Å². The zero-order chi connectivity index (χ0) is 18.6. The Morgan fingerprint density at radius 1 is 1.11 bits per heavy atom. The first-order chi connectivity index (χ1) is 13.2. The molecular weight excluding hydrogens is 340 g/mol. The second-order valence-electron chi connectivity index (χ2n) is 7.48. The first kappa shape index (κ1) is 16.5. The smallest absolute Gasteiger partial charge is 0.286 e. The van der Waals surface area contributed by atoms with Gasteiger partial charge in [0.15, 0.2) is 0 Å². The number of hydrogen-bond acceptors (Lipinski definition) is 3. The van der Waals surface area contributed by atoms with E-state index in [4.69, 9.17) is 4.74 Å². The summed E-state index contributed by atoms with van der Waals surface area (Å²) < 4.78 is 6.29. The third-order valence-electron chi connectivity index (χ3n) is 5.67. The van der Waals surface area contributed by atoms with E-state index in [1.54, 1.807) is 9.80 Å². The maximum absolute atomic E-state index is 13.7. The van der Waals surface area contributed by atoms with Crippen LogP contribution in [0.4, 0.5) is 11.4 Å². The highest BCUT2D eigenvalue weighted by Crippen LogP contribution is 2.51. The predicted octanol–water partition coefficient (Wildman–Crippen LogP) is 3.57. The summed E-state index contributed by atoms with van der Waals surface area (Å²) in [7, 11) is 0. The van der Waals surface area contributed by atoms with E-state index in [0.29, 0.717) is 13.2 Å². The molecule has 0 saturated heterocycles. The molecule has 0 aromatic heterocycles. The first-order valence-corrected chi connectivity index (χ1v) is 9.66. The molecule has 2 aliphatic heterocycles. The van der Waals surface area contributed by atoms with Crippen molar-refractivity contribution >= 4 is 23.2 Å². The fraction of sp³-hybridized carbons (Fsp3) is 0.364. The maximum atomic E-state index is 13.7. The van der Waals surface area contributed by atoms with Crippen molar-refractivity contribution in [3.8, 4) is 0 Å². The molecule has 1 saturated carbocycles. The highest BCUT2D eigenvalue weighted by Gasteiger charge is 2.61. The average Bonchev–Trinajstić information content (AvgIpc) is 3.53. The van der Waals surface area contributed by atoms with Gasteiger partial charge in [0.05, 0.1) is 18.0 Å². The number of para-hydroxylation sites is 2. The van der Waals surface area contributed by atoms with Crippen LogP contribution in [-0.4, -0.2) is 18.4 Å². The van der Waals surface area contributed by atoms with Crippen LogP contribution in [0.15, 0.2) is 48.5 Å². The summed E-state index contributed by atoms with van der Waals surface area (Å²) in [5, 5.41) is 0. The number of rotatable bonds is 3. The van der Waals surface area contributed by atoms with E-state index in [2.05, 4.69) is 0 Å². The Morgan fingerprint density at radius 2 is 1.81 bits per heavy atom. The van der Waals surface area contributed by atoms with E-state index < -0.39 is 5.72 Å². The summed E-state index contributed by atoms with van der Waals surface area (Å²) in [6.45, 7) is 2.96. The van der Waals surface area contributed by atoms with Crippen molar-refractivity contribution in [3.63, 3.8) is 0 Å². The van der Waals surface area contributed by atoms with Gasteiger partial charge in [-0.25, -0.2) is 0 Å². The number of carbonyl (C=O) groups is 2. The number of amides is 2. The van der Waals surface area contributed by atoms with Crippen molar-refractivity contribution in [3.05, 3.63) is 59.7 Å². The molecule has 1 atom stereocenters. The second-order valence-corrected chi connectivity index (χ2v) is 7.48. The van der Waals surface area contributed by atoms with Crippen LogP contribution in [0, 0.1) is 5.92 Å². The standard InChI is InChI=1S/C22H22N2O3/c1-2-13-23-19-10-6-4-8-17(19)22(21(23)26)24(20(25)15-11-12-15)18-9-5-3-7-16(18)14-27-22/h3-10,15H,2,11-14H2,1H3/t22-/m1/s1. The Hall–Kier alpha value is -2.66. The minimum atomic E-state index is -1.39. The van der Waals surface area contributed by atoms with Gasteiger partial charge >= 0.3 is 0 Å². The number of nitrogens with zero attached hydrogens (tertiary/aromatic N) is 2. The molecule has 5 rings (SSSR count). The highest BCUT2D eigenvalue weighted by molar-refractivity contribution is 6.14. The average molecular weight is 362 g/mol. The first-order valence-electron chi connectivity index (χ1n) is 9.66. The molecule has 1 fully saturated rings. The largest absolute Gasteiger partial charge is 0.338 e. The van der Waals surface area contributed by atoms with Gasteiger partial charge < -0.3 is 9.64 Å². The van der Waals surface area contributed by atoms with Crippen molar-refractivity contribution in [1.29, 1.82) is 0 Å². The van der Waals surface area contributed by atoms with E-state index in [0.717, 1.165) is 41.8 Å². The lowest BCUT2D eigenvalue weighted by Gasteiger charge is -2.44. The van der Waals surface area contributed by atoms with Crippen molar-refractivity contribution < 1.29 is 14.3 Å². The quantitative estimate of drug-likeness (QED) is 0.839. The molecule has 138 valence electrons. The highest BCUT2D eigenvalue weighted by atomic mass is 16.5. The normalized spacial score (nSPS) is 23.5. The molecule has 3 aliphatic rings. The van der Waals surface area contributed by atoms with Crippen LogP contribution in [0.3, 0.4) is 0 Å². The van der Waals surface area contributed by atoms with Gasteiger partial charge in [0.25, 0.3) is 11.6 Å². The van der Waals surface area contributed by atoms with Gasteiger partial charge in [-0.2, -0.15) is 0 Å². The molecule has 2 aromatic carbocycles. The van der Waals surface area contributed by atoms with Crippen molar-refractivity contribution in [2.24, 2.45) is 5.92 Å². The zero-order valence-electron chi connectivity index (χ0n) is 15.4. The van der Waals surface area contributed by atoms with Gasteiger partial charge in [0.1, 0.15) is 0 Å². The third kappa shape index (κ3) is 2.21. The number of anilines is 2. The van der Waals surface area contributed by atoms with Gasteiger partial charge in [-0.05, 0) is 31.4 Å². The van der Waals surface area contributed by atoms with Gasteiger partial charge in [-0.3, -0.25) is 14.5 Å². The summed E-state index contributed by atoms with van der Waals surface area (Å²) in [6, 6.07) is 15.5. The molecule has 0 bridgehead atoms. The van der Waals surface area contributed by atoms with E-state index >= 15 is 0 Å². The second kappa shape index (κ2) is 5.92. The van der Waals surface area contributed by atoms with Gasteiger partial charge in [0.2, 0.25) is 5.91 Å². The van der Waals surface area contributed by atoms with E-state index in [1.807, 2.05) is 55.5 Å². The predicted molar refractivity (Wildman–Crippen MR) is 102 cm³/mol. The lowest BCUT2D eigenvalue weighted by atomic mass is 9.96. The van der Waals surface area contributed by atoms with Crippen LogP contribution >= 0.6 is 0 Å². The van der Waals surface area contributed by atoms with Crippen LogP contribution in [0.1, 0.15) is 37.3 Å². The van der Waals surface area contributed by atoms with E-state index in [-0.39, 0.29) is 17.7 Å². The van der Waals surface area contributed by atoms with E-state index in [9.17, 15) is 9.59 Å². The topological polar surface area (TPSA) is 49.9 Å². The molecule has 5 nitrogen and oxygen atoms in total. The minimum absolute atomic E-state index is 0.0105.